The van der Waals surface area contributed by atoms with E-state index in [0.29, 0.717) is 31.1 Å². The predicted molar refractivity (Wildman–Crippen MR) is 111 cm³/mol. The van der Waals surface area contributed by atoms with Crippen LogP contribution in [-0.2, 0) is 9.53 Å². The Kier molecular flexibility index (Phi) is 6.66. The Morgan fingerprint density at radius 1 is 1.17 bits per heavy atom. The van der Waals surface area contributed by atoms with E-state index in [2.05, 4.69) is 15.3 Å². The van der Waals surface area contributed by atoms with Gasteiger partial charge in [-0.15, -0.1) is 0 Å². The van der Waals surface area contributed by atoms with Crippen molar-refractivity contribution in [2.75, 3.05) is 13.1 Å². The van der Waals surface area contributed by atoms with E-state index in [9.17, 15) is 9.59 Å². The van der Waals surface area contributed by atoms with E-state index in [1.54, 1.807) is 6.20 Å². The van der Waals surface area contributed by atoms with Crippen molar-refractivity contribution in [1.29, 1.82) is 0 Å². The Bertz CT molecular complexity index is 736. The molecule has 0 radical (unpaired) electrons. The van der Waals surface area contributed by atoms with E-state index in [0.717, 1.165) is 37.8 Å². The molecule has 1 N–H and O–H groups in total. The van der Waals surface area contributed by atoms with Gasteiger partial charge in [0.1, 0.15) is 16.3 Å². The molecule has 2 fully saturated rings. The molecule has 2 aliphatic rings. The molecular weight excluding hydrogens is 392 g/mol. The van der Waals surface area contributed by atoms with E-state index in [1.807, 2.05) is 25.7 Å². The van der Waals surface area contributed by atoms with E-state index in [-0.39, 0.29) is 11.8 Å². The number of ether oxygens (including phenoxy) is 1. The number of amides is 2. The molecule has 8 heteroatoms. The van der Waals surface area contributed by atoms with Crippen LogP contribution in [0, 0.1) is 0 Å². The maximum Gasteiger partial charge on any atom is 0.408 e. The van der Waals surface area contributed by atoms with Crippen molar-refractivity contribution in [3.63, 3.8) is 0 Å². The lowest BCUT2D eigenvalue weighted by molar-refractivity contribution is -0.141. The molecule has 2 heterocycles. The molecule has 0 bridgehead atoms. The summed E-state index contributed by atoms with van der Waals surface area (Å²) >= 11 is 5.97. The van der Waals surface area contributed by atoms with Gasteiger partial charge in [-0.25, -0.2) is 9.78 Å². The number of likely N-dealkylation sites (tertiary alicyclic amines) is 1. The van der Waals surface area contributed by atoms with Gasteiger partial charge >= 0.3 is 6.09 Å². The Labute approximate surface area is 177 Å². The average Bonchev–Trinajstić information content (AvgIpc) is 2.67. The molecule has 29 heavy (non-hydrogen) atoms. The second-order valence-corrected chi connectivity index (χ2v) is 9.49. The zero-order valence-electron chi connectivity index (χ0n) is 17.5. The molecule has 1 saturated carbocycles. The Morgan fingerprint density at radius 2 is 1.83 bits per heavy atom. The van der Waals surface area contributed by atoms with Crippen LogP contribution in [0.2, 0.25) is 5.15 Å². The minimum Gasteiger partial charge on any atom is -0.444 e. The third kappa shape index (κ3) is 5.59. The van der Waals surface area contributed by atoms with Gasteiger partial charge in [-0.05, 0) is 46.5 Å². The molecule has 1 aromatic heterocycles. The Balaban J connectivity index is 1.66. The van der Waals surface area contributed by atoms with E-state index >= 15 is 0 Å². The first kappa shape index (κ1) is 21.8. The molecule has 1 aliphatic carbocycles. The summed E-state index contributed by atoms with van der Waals surface area (Å²) in [5.41, 5.74) is -0.577. The molecule has 3 rings (SSSR count). The monoisotopic (exact) mass is 422 g/mol. The number of hydrogen-bond donors (Lipinski definition) is 1. The summed E-state index contributed by atoms with van der Waals surface area (Å²) < 4.78 is 5.44. The van der Waals surface area contributed by atoms with E-state index in [4.69, 9.17) is 16.3 Å². The number of carbonyl (C=O) groups is 2. The van der Waals surface area contributed by atoms with E-state index < -0.39 is 17.2 Å². The average molecular weight is 423 g/mol. The van der Waals surface area contributed by atoms with Crippen LogP contribution in [0.3, 0.4) is 0 Å². The second-order valence-electron chi connectivity index (χ2n) is 9.10. The molecule has 0 spiro atoms. The number of piperidine rings is 1. The summed E-state index contributed by atoms with van der Waals surface area (Å²) in [6.07, 6.45) is 8.63. The molecule has 1 aliphatic heterocycles. The summed E-state index contributed by atoms with van der Waals surface area (Å²) in [5.74, 6) is 0.255. The quantitative estimate of drug-likeness (QED) is 0.793. The molecule has 0 aromatic carbocycles. The number of halogens is 1. The van der Waals surface area contributed by atoms with Gasteiger partial charge < -0.3 is 15.0 Å². The highest BCUT2D eigenvalue weighted by atomic mass is 35.5. The summed E-state index contributed by atoms with van der Waals surface area (Å²) in [5, 5.41) is 3.34. The van der Waals surface area contributed by atoms with Crippen LogP contribution in [0.1, 0.15) is 77.3 Å². The van der Waals surface area contributed by atoms with Crippen molar-refractivity contribution >= 4 is 23.6 Å². The molecule has 1 aromatic rings. The molecule has 7 nitrogen and oxygen atoms in total. The van der Waals surface area contributed by atoms with Crippen molar-refractivity contribution < 1.29 is 14.3 Å². The van der Waals surface area contributed by atoms with Gasteiger partial charge in [0.05, 0.1) is 11.9 Å². The normalized spacial score (nSPS) is 20.2. The van der Waals surface area contributed by atoms with Crippen molar-refractivity contribution in [3.05, 3.63) is 23.2 Å². The number of nitrogens with one attached hydrogen (secondary N) is 1. The lowest BCUT2D eigenvalue weighted by Gasteiger charge is -2.42. The molecule has 1 saturated heterocycles. The van der Waals surface area contributed by atoms with E-state index in [1.165, 1.54) is 6.20 Å². The third-order valence-corrected chi connectivity index (χ3v) is 5.86. The summed E-state index contributed by atoms with van der Waals surface area (Å²) in [6, 6.07) is 0. The van der Waals surface area contributed by atoms with Gasteiger partial charge in [0.25, 0.3) is 0 Å². The van der Waals surface area contributed by atoms with Crippen LogP contribution in [0.15, 0.2) is 12.4 Å². The first-order valence-electron chi connectivity index (χ1n) is 10.5. The van der Waals surface area contributed by atoms with Gasteiger partial charge in [0.15, 0.2) is 0 Å². The highest BCUT2D eigenvalue weighted by Crippen LogP contribution is 2.33. The van der Waals surface area contributed by atoms with Crippen molar-refractivity contribution in [2.24, 2.45) is 0 Å². The Hall–Kier alpha value is -1.89. The summed E-state index contributed by atoms with van der Waals surface area (Å²) in [6.45, 7) is 6.74. The smallest absolute Gasteiger partial charge is 0.408 e. The standard InChI is InChI=1S/C21H31ClN4O3/c1-20(2,3)29-19(28)25-21(9-5-4-6-10-21)18(27)26-11-7-15(8-12-26)16-13-23-14-17(22)24-16/h13-15H,4-12H2,1-3H3,(H,25,28). The van der Waals surface area contributed by atoms with Crippen molar-refractivity contribution in [1.82, 2.24) is 20.2 Å². The summed E-state index contributed by atoms with van der Waals surface area (Å²) in [7, 11) is 0. The zero-order valence-corrected chi connectivity index (χ0v) is 18.3. The van der Waals surface area contributed by atoms with Gasteiger partial charge in [-0.3, -0.25) is 9.78 Å². The minimum atomic E-state index is -0.858. The SMILES string of the molecule is CC(C)(C)OC(=O)NC1(C(=O)N2CCC(c3cncc(Cl)n3)CC2)CCCCC1. The van der Waals surface area contributed by atoms with Crippen LogP contribution in [0.4, 0.5) is 4.79 Å². The molecule has 0 unspecified atom stereocenters. The number of carbonyl (C=O) groups excluding carboxylic acids is 2. The number of alkyl carbamates (subject to hydrolysis) is 1. The maximum absolute atomic E-state index is 13.5. The van der Waals surface area contributed by atoms with Gasteiger partial charge in [0.2, 0.25) is 5.91 Å². The van der Waals surface area contributed by atoms with Crippen LogP contribution in [0.5, 0.6) is 0 Å². The predicted octanol–water partition coefficient (Wildman–Crippen LogP) is 4.06. The third-order valence-electron chi connectivity index (χ3n) is 5.68. The molecule has 2 amide bonds. The van der Waals surface area contributed by atoms with Crippen molar-refractivity contribution in [3.8, 4) is 0 Å². The van der Waals surface area contributed by atoms with Crippen LogP contribution in [0.25, 0.3) is 0 Å². The fourth-order valence-electron chi connectivity index (χ4n) is 4.28. The number of rotatable bonds is 3. The van der Waals surface area contributed by atoms with Gasteiger partial charge in [0, 0.05) is 25.2 Å². The van der Waals surface area contributed by atoms with Gasteiger partial charge in [-0.2, -0.15) is 0 Å². The highest BCUT2D eigenvalue weighted by molar-refractivity contribution is 6.29. The van der Waals surface area contributed by atoms with Crippen molar-refractivity contribution in [2.45, 2.75) is 82.8 Å². The maximum atomic E-state index is 13.5. The second kappa shape index (κ2) is 8.86. The van der Waals surface area contributed by atoms with Crippen LogP contribution < -0.4 is 5.32 Å². The highest BCUT2D eigenvalue weighted by Gasteiger charge is 2.45. The number of nitrogens with zero attached hydrogens (tertiary/aromatic N) is 3. The Morgan fingerprint density at radius 3 is 2.41 bits per heavy atom. The van der Waals surface area contributed by atoms with Gasteiger partial charge in [-0.1, -0.05) is 30.9 Å². The molecule has 160 valence electrons. The van der Waals surface area contributed by atoms with Crippen LogP contribution in [-0.4, -0.2) is 51.1 Å². The number of aromatic nitrogens is 2. The zero-order chi connectivity index (χ0) is 21.1. The topological polar surface area (TPSA) is 84.4 Å². The largest absolute Gasteiger partial charge is 0.444 e. The summed E-state index contributed by atoms with van der Waals surface area (Å²) in [4.78, 5) is 36.3. The fraction of sp³-hybridized carbons (Fsp3) is 0.714. The number of hydrogen-bond acceptors (Lipinski definition) is 5. The lowest BCUT2D eigenvalue weighted by atomic mass is 9.80. The molecular formula is C21H31ClN4O3. The lowest BCUT2D eigenvalue weighted by Crippen LogP contribution is -2.62. The molecule has 0 atom stereocenters. The first-order chi connectivity index (χ1) is 13.7. The van der Waals surface area contributed by atoms with Crippen LogP contribution >= 0.6 is 11.6 Å². The fourth-order valence-corrected chi connectivity index (χ4v) is 4.43. The first-order valence-corrected chi connectivity index (χ1v) is 10.8. The minimum absolute atomic E-state index is 0.0127.